The molecule has 0 aromatic carbocycles. The molecule has 0 saturated heterocycles. The van der Waals surface area contributed by atoms with Crippen molar-refractivity contribution in [2.24, 2.45) is 0 Å². The fourth-order valence-electron chi connectivity index (χ4n) is 0.998. The maximum atomic E-state index is 11.4. The Morgan fingerprint density at radius 2 is 2.33 bits per heavy atom. The molecule has 1 rings (SSSR count). The lowest BCUT2D eigenvalue weighted by molar-refractivity contribution is 0.295. The second-order valence-electron chi connectivity index (χ2n) is 3.08. The van der Waals surface area contributed by atoms with Gasteiger partial charge in [-0.1, -0.05) is 0 Å². The number of hydrogen-bond acceptors (Lipinski definition) is 5. The first kappa shape index (κ1) is 12.6. The van der Waals surface area contributed by atoms with Crippen LogP contribution in [0.1, 0.15) is 17.0 Å². The van der Waals surface area contributed by atoms with Gasteiger partial charge in [0.15, 0.2) is 0 Å². The summed E-state index contributed by atoms with van der Waals surface area (Å²) in [5.74, 6) is -0.0403. The van der Waals surface area contributed by atoms with Gasteiger partial charge in [-0.15, -0.1) is 11.3 Å². The van der Waals surface area contributed by atoms with Crippen LogP contribution in [0.15, 0.2) is 5.51 Å². The third-order valence-electron chi connectivity index (χ3n) is 1.87. The Hall–Kier alpha value is -0.500. The molecule has 0 radical (unpaired) electrons. The molecule has 7 heteroatoms. The Morgan fingerprint density at radius 3 is 2.87 bits per heavy atom. The van der Waals surface area contributed by atoms with Gasteiger partial charge in [0.2, 0.25) is 10.0 Å². The van der Waals surface area contributed by atoms with E-state index in [-0.39, 0.29) is 25.3 Å². The molecule has 5 nitrogen and oxygen atoms in total. The van der Waals surface area contributed by atoms with Crippen molar-refractivity contribution in [2.75, 3.05) is 12.4 Å². The van der Waals surface area contributed by atoms with Gasteiger partial charge in [-0.25, -0.2) is 18.1 Å². The number of thiazole rings is 1. The van der Waals surface area contributed by atoms with Crippen molar-refractivity contribution in [1.29, 1.82) is 0 Å². The minimum absolute atomic E-state index is 0.0403. The maximum absolute atomic E-state index is 11.4. The van der Waals surface area contributed by atoms with Crippen molar-refractivity contribution in [3.05, 3.63) is 16.1 Å². The largest absolute Gasteiger partial charge is 0.396 e. The summed E-state index contributed by atoms with van der Waals surface area (Å²) < 4.78 is 25.2. The summed E-state index contributed by atoms with van der Waals surface area (Å²) in [5.41, 5.74) is 2.54. The first-order chi connectivity index (χ1) is 7.05. The first-order valence-electron chi connectivity index (χ1n) is 4.52. The number of nitrogens with zero attached hydrogens (tertiary/aromatic N) is 1. The molecule has 2 N–H and O–H groups in total. The number of aliphatic hydroxyl groups is 1. The molecule has 0 aliphatic rings. The molecular formula is C8H14N2O3S2. The van der Waals surface area contributed by atoms with Gasteiger partial charge in [0.1, 0.15) is 0 Å². The average Bonchev–Trinajstić information content (AvgIpc) is 2.58. The molecule has 15 heavy (non-hydrogen) atoms. The molecule has 0 amide bonds. The summed E-state index contributed by atoms with van der Waals surface area (Å²) in [7, 11) is -3.27. The van der Waals surface area contributed by atoms with E-state index in [4.69, 9.17) is 5.11 Å². The predicted octanol–water partition coefficient (Wildman–Crippen LogP) is 0.253. The molecule has 0 aliphatic heterocycles. The van der Waals surface area contributed by atoms with Crippen LogP contribution in [0.4, 0.5) is 0 Å². The van der Waals surface area contributed by atoms with Gasteiger partial charge in [-0.2, -0.15) is 0 Å². The predicted molar refractivity (Wildman–Crippen MR) is 59.2 cm³/mol. The zero-order valence-electron chi connectivity index (χ0n) is 8.43. The van der Waals surface area contributed by atoms with E-state index >= 15 is 0 Å². The highest BCUT2D eigenvalue weighted by atomic mass is 32.2. The highest BCUT2D eigenvalue weighted by molar-refractivity contribution is 7.89. The molecular weight excluding hydrogens is 236 g/mol. The smallest absolute Gasteiger partial charge is 0.212 e. The van der Waals surface area contributed by atoms with Gasteiger partial charge >= 0.3 is 0 Å². The zero-order chi connectivity index (χ0) is 11.3. The molecule has 0 aliphatic carbocycles. The Balaban J connectivity index is 2.46. The molecule has 0 spiro atoms. The Kier molecular flexibility index (Phi) is 4.65. The van der Waals surface area contributed by atoms with E-state index in [2.05, 4.69) is 9.71 Å². The van der Waals surface area contributed by atoms with Crippen LogP contribution in [0.5, 0.6) is 0 Å². The van der Waals surface area contributed by atoms with Crippen LogP contribution in [0, 0.1) is 6.92 Å². The number of aryl methyl sites for hydroxylation is 1. The molecule has 86 valence electrons. The monoisotopic (exact) mass is 250 g/mol. The van der Waals surface area contributed by atoms with Gasteiger partial charge in [0.05, 0.1) is 17.0 Å². The van der Waals surface area contributed by atoms with Crippen LogP contribution < -0.4 is 4.72 Å². The second-order valence-corrected chi connectivity index (χ2v) is 5.94. The number of sulfonamides is 1. The third-order valence-corrected chi connectivity index (χ3v) is 4.21. The normalized spacial score (nSPS) is 11.9. The van der Waals surface area contributed by atoms with E-state index in [1.165, 1.54) is 11.3 Å². The summed E-state index contributed by atoms with van der Waals surface area (Å²) in [4.78, 5) is 4.94. The quantitative estimate of drug-likeness (QED) is 0.758. The van der Waals surface area contributed by atoms with E-state index in [0.717, 1.165) is 10.6 Å². The van der Waals surface area contributed by atoms with Crippen molar-refractivity contribution in [3.63, 3.8) is 0 Å². The van der Waals surface area contributed by atoms with E-state index in [0.29, 0.717) is 0 Å². The SMILES string of the molecule is Cc1ncsc1CNS(=O)(=O)CCCO. The lowest BCUT2D eigenvalue weighted by Gasteiger charge is -2.04. The Labute approximate surface area is 93.2 Å². The number of hydrogen-bond donors (Lipinski definition) is 2. The van der Waals surface area contributed by atoms with Crippen LogP contribution in [-0.4, -0.2) is 30.9 Å². The number of nitrogens with one attached hydrogen (secondary N) is 1. The van der Waals surface area contributed by atoms with Gasteiger partial charge in [-0.3, -0.25) is 0 Å². The summed E-state index contributed by atoms with van der Waals surface area (Å²) >= 11 is 1.43. The molecule has 0 fully saturated rings. The van der Waals surface area contributed by atoms with E-state index < -0.39 is 10.0 Å². The fourth-order valence-corrected chi connectivity index (χ4v) is 2.82. The number of rotatable bonds is 6. The average molecular weight is 250 g/mol. The van der Waals surface area contributed by atoms with Crippen LogP contribution in [0.2, 0.25) is 0 Å². The van der Waals surface area contributed by atoms with Crippen LogP contribution in [-0.2, 0) is 16.6 Å². The van der Waals surface area contributed by atoms with Crippen LogP contribution in [0.3, 0.4) is 0 Å². The fraction of sp³-hybridized carbons (Fsp3) is 0.625. The van der Waals surface area contributed by atoms with Gasteiger partial charge in [0, 0.05) is 18.0 Å². The Morgan fingerprint density at radius 1 is 1.60 bits per heavy atom. The highest BCUT2D eigenvalue weighted by Gasteiger charge is 2.10. The van der Waals surface area contributed by atoms with Crippen LogP contribution in [0.25, 0.3) is 0 Å². The van der Waals surface area contributed by atoms with Crippen molar-refractivity contribution < 1.29 is 13.5 Å². The minimum Gasteiger partial charge on any atom is -0.396 e. The molecule has 1 heterocycles. The van der Waals surface area contributed by atoms with Gasteiger partial charge < -0.3 is 5.11 Å². The van der Waals surface area contributed by atoms with E-state index in [1.54, 1.807) is 5.51 Å². The number of aliphatic hydroxyl groups excluding tert-OH is 1. The molecule has 0 saturated carbocycles. The molecule has 0 atom stereocenters. The van der Waals surface area contributed by atoms with Crippen molar-refractivity contribution >= 4 is 21.4 Å². The maximum Gasteiger partial charge on any atom is 0.212 e. The summed E-state index contributed by atoms with van der Waals surface area (Å²) in [6, 6.07) is 0. The molecule has 1 aromatic rings. The van der Waals surface area contributed by atoms with Crippen molar-refractivity contribution in [3.8, 4) is 0 Å². The van der Waals surface area contributed by atoms with Gasteiger partial charge in [0.25, 0.3) is 0 Å². The van der Waals surface area contributed by atoms with Crippen LogP contribution >= 0.6 is 11.3 Å². The van der Waals surface area contributed by atoms with E-state index in [1.807, 2.05) is 6.92 Å². The summed E-state index contributed by atoms with van der Waals surface area (Å²) in [6.07, 6.45) is 0.261. The standard InChI is InChI=1S/C8H14N2O3S2/c1-7-8(14-6-9-7)5-10-15(12,13)4-2-3-11/h6,10-11H,2-5H2,1H3. The Bertz CT molecular complexity index is 400. The zero-order valence-corrected chi connectivity index (χ0v) is 10.1. The third kappa shape index (κ3) is 4.25. The van der Waals surface area contributed by atoms with Crippen molar-refractivity contribution in [1.82, 2.24) is 9.71 Å². The van der Waals surface area contributed by atoms with Gasteiger partial charge in [-0.05, 0) is 13.3 Å². The van der Waals surface area contributed by atoms with Crippen molar-refractivity contribution in [2.45, 2.75) is 19.9 Å². The molecule has 0 bridgehead atoms. The second kappa shape index (κ2) is 5.55. The first-order valence-corrected chi connectivity index (χ1v) is 7.05. The summed E-state index contributed by atoms with van der Waals surface area (Å²) in [5, 5.41) is 8.53. The lowest BCUT2D eigenvalue weighted by atomic mass is 10.4. The highest BCUT2D eigenvalue weighted by Crippen LogP contribution is 2.11. The lowest BCUT2D eigenvalue weighted by Crippen LogP contribution is -2.26. The molecule has 1 aromatic heterocycles. The van der Waals surface area contributed by atoms with E-state index in [9.17, 15) is 8.42 Å². The number of aromatic nitrogens is 1. The summed E-state index contributed by atoms with van der Waals surface area (Å²) in [6.45, 7) is 2.01. The molecule has 0 unspecified atom stereocenters. The topological polar surface area (TPSA) is 79.3 Å². The minimum atomic E-state index is -3.27.